The van der Waals surface area contributed by atoms with Crippen LogP contribution in [0.4, 0.5) is 0 Å². The molecule has 1 amide bonds. The van der Waals surface area contributed by atoms with Crippen LogP contribution in [0, 0.1) is 18.8 Å². The van der Waals surface area contributed by atoms with Gasteiger partial charge in [0, 0.05) is 48.9 Å². The highest BCUT2D eigenvalue weighted by Gasteiger charge is 2.30. The van der Waals surface area contributed by atoms with Gasteiger partial charge in [0.15, 0.2) is 5.69 Å². The van der Waals surface area contributed by atoms with E-state index in [0.29, 0.717) is 40.2 Å². The second kappa shape index (κ2) is 14.9. The standard InChI is InChI=1S/C33H34Cl2N6O4S2/c1-23-5-7-24(8-6-23)9-11-26-12-14-30(46-26)32-27(22-36-47(43,44)40-17-19-45-20-18-40)31(33(42)38-39-15-3-2-4-16-39)37-41(32)29-13-10-25(34)21-28(29)35/h5-8,10,12-14,21,36H,2-4,15-20,22H2,1H3,(H,38,42). The first-order valence-corrected chi connectivity index (χ1v) is 18.3. The van der Waals surface area contributed by atoms with Crippen molar-refractivity contribution in [1.82, 2.24) is 29.2 Å². The molecule has 2 N–H and O–H groups in total. The number of aromatic nitrogens is 2. The van der Waals surface area contributed by atoms with E-state index in [2.05, 4.69) is 22.0 Å². The second-order valence-electron chi connectivity index (χ2n) is 11.3. The molecule has 4 aromatic rings. The number of hydrogen-bond acceptors (Lipinski definition) is 7. The van der Waals surface area contributed by atoms with Crippen molar-refractivity contribution >= 4 is 50.7 Å². The lowest BCUT2D eigenvalue weighted by atomic mass is 10.1. The van der Waals surface area contributed by atoms with E-state index in [1.54, 1.807) is 22.9 Å². The molecule has 0 aliphatic carbocycles. The maximum absolute atomic E-state index is 13.9. The first-order chi connectivity index (χ1) is 22.7. The number of hydrogen-bond donors (Lipinski definition) is 2. The average molecular weight is 714 g/mol. The number of thiophene rings is 1. The number of nitrogens with one attached hydrogen (secondary N) is 2. The molecule has 0 radical (unpaired) electrons. The van der Waals surface area contributed by atoms with Gasteiger partial charge < -0.3 is 4.74 Å². The van der Waals surface area contributed by atoms with Crippen LogP contribution < -0.4 is 10.1 Å². The zero-order valence-corrected chi connectivity index (χ0v) is 28.9. The van der Waals surface area contributed by atoms with Gasteiger partial charge in [-0.25, -0.2) is 9.69 Å². The minimum atomic E-state index is -3.89. The largest absolute Gasteiger partial charge is 0.379 e. The molecule has 246 valence electrons. The number of aryl methyl sites for hydroxylation is 1. The van der Waals surface area contributed by atoms with Crippen molar-refractivity contribution in [1.29, 1.82) is 0 Å². The topological polar surface area (TPSA) is 109 Å². The molecule has 0 unspecified atom stereocenters. The van der Waals surface area contributed by atoms with Crippen molar-refractivity contribution in [3.63, 3.8) is 0 Å². The fourth-order valence-corrected chi connectivity index (χ4v) is 7.97. The van der Waals surface area contributed by atoms with Gasteiger partial charge in [-0.3, -0.25) is 10.2 Å². The van der Waals surface area contributed by atoms with Gasteiger partial charge in [-0.1, -0.05) is 59.2 Å². The molecule has 2 aromatic carbocycles. The summed E-state index contributed by atoms with van der Waals surface area (Å²) in [7, 11) is -3.89. The number of ether oxygens (including phenoxy) is 1. The summed E-state index contributed by atoms with van der Waals surface area (Å²) in [4.78, 5) is 15.4. The lowest BCUT2D eigenvalue weighted by Crippen LogP contribution is -2.47. The lowest BCUT2D eigenvalue weighted by Gasteiger charge is -2.27. The van der Waals surface area contributed by atoms with Crippen molar-refractivity contribution in [2.75, 3.05) is 39.4 Å². The fraction of sp³-hybridized carbons (Fsp3) is 0.333. The van der Waals surface area contributed by atoms with Crippen LogP contribution >= 0.6 is 34.5 Å². The Bertz CT molecular complexity index is 1920. The number of nitrogens with zero attached hydrogens (tertiary/aromatic N) is 4. The monoisotopic (exact) mass is 712 g/mol. The van der Waals surface area contributed by atoms with Crippen LogP contribution in [0.2, 0.25) is 10.0 Å². The maximum Gasteiger partial charge on any atom is 0.286 e. The van der Waals surface area contributed by atoms with Crippen molar-refractivity contribution in [2.45, 2.75) is 32.7 Å². The van der Waals surface area contributed by atoms with E-state index in [0.717, 1.165) is 53.2 Å². The number of carbonyl (C=O) groups is 1. The molecular weight excluding hydrogens is 679 g/mol. The van der Waals surface area contributed by atoms with Gasteiger partial charge in [0.1, 0.15) is 0 Å². The average Bonchev–Trinajstić information content (AvgIpc) is 3.69. The summed E-state index contributed by atoms with van der Waals surface area (Å²) in [6.45, 7) is 4.36. The van der Waals surface area contributed by atoms with E-state index < -0.39 is 16.1 Å². The summed E-state index contributed by atoms with van der Waals surface area (Å²) in [6.07, 6.45) is 3.03. The molecule has 47 heavy (non-hydrogen) atoms. The zero-order valence-electron chi connectivity index (χ0n) is 25.8. The van der Waals surface area contributed by atoms with Crippen molar-refractivity contribution in [3.8, 4) is 28.1 Å². The Morgan fingerprint density at radius 1 is 0.979 bits per heavy atom. The van der Waals surface area contributed by atoms with Crippen LogP contribution in [0.3, 0.4) is 0 Å². The molecule has 2 aliphatic heterocycles. The quantitative estimate of drug-likeness (QED) is 0.237. The molecule has 10 nitrogen and oxygen atoms in total. The Morgan fingerprint density at radius 2 is 1.72 bits per heavy atom. The number of halogens is 2. The van der Waals surface area contributed by atoms with Gasteiger partial charge in [-0.15, -0.1) is 11.3 Å². The minimum Gasteiger partial charge on any atom is -0.379 e. The van der Waals surface area contributed by atoms with Gasteiger partial charge in [0.25, 0.3) is 16.1 Å². The molecule has 0 spiro atoms. The van der Waals surface area contributed by atoms with Crippen LogP contribution in [0.25, 0.3) is 16.3 Å². The molecule has 4 heterocycles. The van der Waals surface area contributed by atoms with Gasteiger partial charge in [-0.2, -0.15) is 22.5 Å². The van der Waals surface area contributed by atoms with E-state index >= 15 is 0 Å². The summed E-state index contributed by atoms with van der Waals surface area (Å²) in [5, 5.41) is 7.43. The number of rotatable bonds is 8. The van der Waals surface area contributed by atoms with Crippen LogP contribution in [-0.2, 0) is 21.5 Å². The summed E-state index contributed by atoms with van der Waals surface area (Å²) < 4.78 is 37.8. The smallest absolute Gasteiger partial charge is 0.286 e. The molecule has 14 heteroatoms. The van der Waals surface area contributed by atoms with E-state index in [1.165, 1.54) is 15.6 Å². The molecule has 0 atom stereocenters. The van der Waals surface area contributed by atoms with Gasteiger partial charge in [0.2, 0.25) is 0 Å². The normalized spacial score (nSPS) is 16.1. The Hall–Kier alpha value is -3.25. The Morgan fingerprint density at radius 3 is 2.45 bits per heavy atom. The first kappa shape index (κ1) is 33.6. The first-order valence-electron chi connectivity index (χ1n) is 15.3. The van der Waals surface area contributed by atoms with E-state index in [4.69, 9.17) is 33.0 Å². The molecule has 2 aliphatic rings. The predicted octanol–water partition coefficient (Wildman–Crippen LogP) is 5.41. The van der Waals surface area contributed by atoms with Crippen molar-refractivity contribution in [2.24, 2.45) is 0 Å². The van der Waals surface area contributed by atoms with Gasteiger partial charge in [-0.05, 0) is 62.2 Å². The summed E-state index contributed by atoms with van der Waals surface area (Å²) in [5.74, 6) is 6.00. The molecule has 2 saturated heterocycles. The van der Waals surface area contributed by atoms with Crippen LogP contribution in [-0.4, -0.2) is 72.8 Å². The fourth-order valence-electron chi connectivity index (χ4n) is 5.43. The number of amides is 1. The minimum absolute atomic E-state index is 0.0851. The molecular formula is C33H34Cl2N6O4S2. The van der Waals surface area contributed by atoms with Crippen LogP contribution in [0.15, 0.2) is 54.6 Å². The number of carbonyl (C=O) groups excluding carboxylic acids is 1. The zero-order chi connectivity index (χ0) is 33.0. The highest BCUT2D eigenvalue weighted by atomic mass is 35.5. The molecule has 2 aromatic heterocycles. The van der Waals surface area contributed by atoms with E-state index in [9.17, 15) is 13.2 Å². The summed E-state index contributed by atoms with van der Waals surface area (Å²) in [6, 6.07) is 16.8. The summed E-state index contributed by atoms with van der Waals surface area (Å²) >= 11 is 14.4. The lowest BCUT2D eigenvalue weighted by molar-refractivity contribution is 0.0724. The maximum atomic E-state index is 13.9. The van der Waals surface area contributed by atoms with E-state index in [1.807, 2.05) is 48.3 Å². The molecule has 0 saturated carbocycles. The van der Waals surface area contributed by atoms with Crippen LogP contribution in [0.5, 0.6) is 0 Å². The SMILES string of the molecule is Cc1ccc(C#Cc2ccc(-c3c(CNS(=O)(=O)N4CCOCC4)c(C(=O)NN4CCCCC4)nn3-c3ccc(Cl)cc3Cl)s2)cc1. The predicted molar refractivity (Wildman–Crippen MR) is 185 cm³/mol. The third-order valence-corrected chi connectivity index (χ3v) is 11.0. The highest BCUT2D eigenvalue weighted by Crippen LogP contribution is 2.37. The van der Waals surface area contributed by atoms with Gasteiger partial charge in [0.05, 0.1) is 39.4 Å². The Labute approximate surface area is 288 Å². The molecule has 0 bridgehead atoms. The Kier molecular flexibility index (Phi) is 10.7. The number of piperidine rings is 1. The van der Waals surface area contributed by atoms with Crippen LogP contribution in [0.1, 0.15) is 51.3 Å². The Balaban J connectivity index is 1.45. The van der Waals surface area contributed by atoms with Gasteiger partial charge >= 0.3 is 0 Å². The van der Waals surface area contributed by atoms with Crippen molar-refractivity contribution < 1.29 is 17.9 Å². The number of hydrazine groups is 1. The van der Waals surface area contributed by atoms with E-state index in [-0.39, 0.29) is 25.3 Å². The second-order valence-corrected chi connectivity index (χ2v) is 15.0. The van der Waals surface area contributed by atoms with Crippen molar-refractivity contribution in [3.05, 3.63) is 91.9 Å². The highest BCUT2D eigenvalue weighted by molar-refractivity contribution is 7.87. The third-order valence-electron chi connectivity index (χ3n) is 7.91. The third kappa shape index (κ3) is 8.08. The number of morpholine rings is 1. The molecule has 2 fully saturated rings. The molecule has 6 rings (SSSR count). The number of benzene rings is 2. The summed E-state index contributed by atoms with van der Waals surface area (Å²) in [5.41, 5.74) is 6.53.